The van der Waals surface area contributed by atoms with Gasteiger partial charge >= 0.3 is 0 Å². The number of hydrogen-bond acceptors (Lipinski definition) is 3. The smallest absolute Gasteiger partial charge is 0.261 e. The lowest BCUT2D eigenvalue weighted by Crippen LogP contribution is -2.34. The Morgan fingerprint density at radius 3 is 3.09 bits per heavy atom. The molecule has 0 fully saturated rings. The summed E-state index contributed by atoms with van der Waals surface area (Å²) >= 11 is 0. The number of aromatic amines is 1. The third kappa shape index (κ3) is 2.17. The van der Waals surface area contributed by atoms with Crippen LogP contribution in [0.3, 0.4) is 0 Å². The number of carbonyl (C=O) groups excluding carboxylic acids is 1. The molecule has 22 heavy (non-hydrogen) atoms. The number of carbonyl (C=O) groups is 1. The zero-order valence-corrected chi connectivity index (χ0v) is 12.3. The van der Waals surface area contributed by atoms with Gasteiger partial charge in [0.1, 0.15) is 11.3 Å². The second kappa shape index (κ2) is 5.16. The lowest BCUT2D eigenvalue weighted by molar-refractivity contribution is 0.0930. The van der Waals surface area contributed by atoms with Crippen LogP contribution in [-0.4, -0.2) is 10.9 Å². The number of amides is 1. The van der Waals surface area contributed by atoms with Crippen molar-refractivity contribution in [2.75, 3.05) is 0 Å². The molecule has 0 radical (unpaired) electrons. The highest BCUT2D eigenvalue weighted by molar-refractivity contribution is 5.94. The molecule has 2 heterocycles. The number of furan rings is 1. The number of aryl methyl sites for hydroxylation is 3. The molecule has 2 aliphatic rings. The van der Waals surface area contributed by atoms with Crippen LogP contribution < -0.4 is 10.9 Å². The molecule has 0 spiro atoms. The van der Waals surface area contributed by atoms with Crippen LogP contribution in [0, 0.1) is 0 Å². The summed E-state index contributed by atoms with van der Waals surface area (Å²) in [5.41, 5.74) is 3.04. The van der Waals surface area contributed by atoms with E-state index in [9.17, 15) is 9.59 Å². The second-order valence-corrected chi connectivity index (χ2v) is 6.09. The fourth-order valence-electron chi connectivity index (χ4n) is 3.55. The van der Waals surface area contributed by atoms with E-state index in [4.69, 9.17) is 4.42 Å². The molecule has 1 amide bonds. The number of pyridine rings is 1. The molecule has 2 N–H and O–H groups in total. The van der Waals surface area contributed by atoms with E-state index < -0.39 is 0 Å². The van der Waals surface area contributed by atoms with Crippen LogP contribution in [0.1, 0.15) is 58.2 Å². The Bertz CT molecular complexity index is 787. The van der Waals surface area contributed by atoms with Crippen LogP contribution >= 0.6 is 0 Å². The number of H-pyrrole nitrogens is 1. The SMILES string of the molecule is O=C(NC1CCCc2occc21)c1cc2c([nH]c1=O)CCC2. The van der Waals surface area contributed by atoms with Crippen molar-refractivity contribution < 1.29 is 9.21 Å². The molecule has 4 rings (SSSR count). The zero-order valence-electron chi connectivity index (χ0n) is 12.3. The van der Waals surface area contributed by atoms with Crippen molar-refractivity contribution in [2.45, 2.75) is 44.6 Å². The Kier molecular flexibility index (Phi) is 3.13. The predicted molar refractivity (Wildman–Crippen MR) is 80.9 cm³/mol. The quantitative estimate of drug-likeness (QED) is 0.893. The van der Waals surface area contributed by atoms with E-state index in [1.54, 1.807) is 12.3 Å². The minimum atomic E-state index is -0.296. The van der Waals surface area contributed by atoms with Gasteiger partial charge in [0.15, 0.2) is 0 Å². The summed E-state index contributed by atoms with van der Waals surface area (Å²) in [6, 6.07) is 3.60. The fourth-order valence-corrected chi connectivity index (χ4v) is 3.55. The monoisotopic (exact) mass is 298 g/mol. The third-order valence-corrected chi connectivity index (χ3v) is 4.69. The first-order valence-corrected chi connectivity index (χ1v) is 7.84. The van der Waals surface area contributed by atoms with Gasteiger partial charge in [-0.2, -0.15) is 0 Å². The van der Waals surface area contributed by atoms with Crippen LogP contribution in [-0.2, 0) is 19.3 Å². The summed E-state index contributed by atoms with van der Waals surface area (Å²) < 4.78 is 5.44. The Hall–Kier alpha value is -2.30. The van der Waals surface area contributed by atoms with E-state index in [-0.39, 0.29) is 23.1 Å². The first kappa shape index (κ1) is 13.4. The van der Waals surface area contributed by atoms with E-state index in [1.165, 1.54) is 0 Å². The van der Waals surface area contributed by atoms with Crippen molar-refractivity contribution in [3.8, 4) is 0 Å². The van der Waals surface area contributed by atoms with Gasteiger partial charge in [-0.25, -0.2) is 0 Å². The van der Waals surface area contributed by atoms with Gasteiger partial charge in [0.2, 0.25) is 0 Å². The number of nitrogens with one attached hydrogen (secondary N) is 2. The lowest BCUT2D eigenvalue weighted by atomic mass is 9.93. The van der Waals surface area contributed by atoms with E-state index in [0.717, 1.165) is 61.1 Å². The largest absolute Gasteiger partial charge is 0.469 e. The van der Waals surface area contributed by atoms with Crippen LogP contribution in [0.15, 0.2) is 27.6 Å². The van der Waals surface area contributed by atoms with Crippen molar-refractivity contribution in [1.82, 2.24) is 10.3 Å². The molecule has 1 unspecified atom stereocenters. The highest BCUT2D eigenvalue weighted by Crippen LogP contribution is 2.30. The fraction of sp³-hybridized carbons (Fsp3) is 0.412. The van der Waals surface area contributed by atoms with Crippen molar-refractivity contribution in [2.24, 2.45) is 0 Å². The average Bonchev–Trinajstić information content (AvgIpc) is 3.14. The zero-order chi connectivity index (χ0) is 15.1. The molecular weight excluding hydrogens is 280 g/mol. The van der Waals surface area contributed by atoms with Gasteiger partial charge in [-0.15, -0.1) is 0 Å². The Labute approximate surface area is 127 Å². The lowest BCUT2D eigenvalue weighted by Gasteiger charge is -2.22. The van der Waals surface area contributed by atoms with E-state index in [0.29, 0.717) is 0 Å². The van der Waals surface area contributed by atoms with Crippen molar-refractivity contribution in [1.29, 1.82) is 0 Å². The summed E-state index contributed by atoms with van der Waals surface area (Å²) in [5, 5.41) is 2.99. The first-order valence-electron chi connectivity index (χ1n) is 7.84. The Balaban J connectivity index is 1.60. The number of aromatic nitrogens is 1. The highest BCUT2D eigenvalue weighted by atomic mass is 16.3. The number of fused-ring (bicyclic) bond motifs is 2. The third-order valence-electron chi connectivity index (χ3n) is 4.69. The predicted octanol–water partition coefficient (Wildman–Crippen LogP) is 2.26. The molecule has 1 atom stereocenters. The molecule has 2 aromatic heterocycles. The van der Waals surface area contributed by atoms with E-state index in [1.807, 2.05) is 6.07 Å². The minimum Gasteiger partial charge on any atom is -0.469 e. The van der Waals surface area contributed by atoms with Gasteiger partial charge < -0.3 is 14.7 Å². The van der Waals surface area contributed by atoms with Crippen molar-refractivity contribution in [3.05, 3.63) is 56.9 Å². The Morgan fingerprint density at radius 2 is 2.18 bits per heavy atom. The highest BCUT2D eigenvalue weighted by Gasteiger charge is 2.26. The molecule has 2 aromatic rings. The molecule has 0 saturated carbocycles. The molecule has 2 aliphatic carbocycles. The summed E-state index contributed by atoms with van der Waals surface area (Å²) in [4.78, 5) is 27.5. The van der Waals surface area contributed by atoms with Crippen LogP contribution in [0.4, 0.5) is 0 Å². The van der Waals surface area contributed by atoms with Crippen LogP contribution in [0.25, 0.3) is 0 Å². The molecule has 0 aromatic carbocycles. The van der Waals surface area contributed by atoms with Gasteiger partial charge in [-0.3, -0.25) is 9.59 Å². The summed E-state index contributed by atoms with van der Waals surface area (Å²) in [6.45, 7) is 0. The van der Waals surface area contributed by atoms with Gasteiger partial charge in [-0.05, 0) is 49.8 Å². The molecule has 0 saturated heterocycles. The topological polar surface area (TPSA) is 75.1 Å². The molecule has 114 valence electrons. The number of hydrogen-bond donors (Lipinski definition) is 2. The Morgan fingerprint density at radius 1 is 1.27 bits per heavy atom. The van der Waals surface area contributed by atoms with Crippen molar-refractivity contribution in [3.63, 3.8) is 0 Å². The molecule has 5 heteroatoms. The molecular formula is C17H18N2O3. The molecule has 5 nitrogen and oxygen atoms in total. The van der Waals surface area contributed by atoms with Gasteiger partial charge in [0, 0.05) is 17.7 Å². The van der Waals surface area contributed by atoms with Gasteiger partial charge in [-0.1, -0.05) is 0 Å². The molecule has 0 bridgehead atoms. The van der Waals surface area contributed by atoms with Crippen molar-refractivity contribution >= 4 is 5.91 Å². The summed E-state index contributed by atoms with van der Waals surface area (Å²) in [5.74, 6) is 0.648. The summed E-state index contributed by atoms with van der Waals surface area (Å²) in [6.07, 6.45) is 7.30. The summed E-state index contributed by atoms with van der Waals surface area (Å²) in [7, 11) is 0. The minimum absolute atomic E-state index is 0.0670. The molecule has 0 aliphatic heterocycles. The second-order valence-electron chi connectivity index (χ2n) is 6.09. The van der Waals surface area contributed by atoms with Gasteiger partial charge in [0.25, 0.3) is 11.5 Å². The standard InChI is InChI=1S/C17H18N2O3/c20-16-12(9-10-3-1-4-13(10)18-16)17(21)19-14-5-2-6-15-11(14)7-8-22-15/h7-9,14H,1-6H2,(H,18,20)(H,19,21). The van der Waals surface area contributed by atoms with Crippen LogP contribution in [0.2, 0.25) is 0 Å². The maximum Gasteiger partial charge on any atom is 0.261 e. The first-order chi connectivity index (χ1) is 10.7. The number of rotatable bonds is 2. The maximum atomic E-state index is 12.5. The average molecular weight is 298 g/mol. The van der Waals surface area contributed by atoms with E-state index >= 15 is 0 Å². The normalized spacial score (nSPS) is 19.5. The van der Waals surface area contributed by atoms with Crippen LogP contribution in [0.5, 0.6) is 0 Å². The van der Waals surface area contributed by atoms with Gasteiger partial charge in [0.05, 0.1) is 12.3 Å². The van der Waals surface area contributed by atoms with E-state index in [2.05, 4.69) is 10.3 Å². The maximum absolute atomic E-state index is 12.5.